The van der Waals surface area contributed by atoms with E-state index in [1.165, 1.54) is 207 Å². The van der Waals surface area contributed by atoms with Gasteiger partial charge in [0.25, 0.3) is 0 Å². The highest BCUT2D eigenvalue weighted by atomic mass is 127. The van der Waals surface area contributed by atoms with Crippen LogP contribution in [-0.2, 0) is 43.3 Å². The predicted molar refractivity (Wildman–Crippen MR) is 481 cm³/mol. The first-order chi connectivity index (χ1) is 49.2. The minimum absolute atomic E-state index is 0.178. The summed E-state index contributed by atoms with van der Waals surface area (Å²) in [5.74, 6) is 0. The molecule has 0 aromatic heterocycles. The first-order valence-electron chi connectivity index (χ1n) is 38.7. The first kappa shape index (κ1) is 75.2. The van der Waals surface area contributed by atoms with Crippen LogP contribution in [0.15, 0.2) is 194 Å². The van der Waals surface area contributed by atoms with Crippen molar-refractivity contribution < 1.29 is 0 Å². The summed E-state index contributed by atoms with van der Waals surface area (Å²) in [7, 11) is 0. The molecule has 0 amide bonds. The van der Waals surface area contributed by atoms with Gasteiger partial charge in [-0.3, -0.25) is 0 Å². The fraction of sp³-hybridized carbons (Fsp3) is 0.327. The number of hydrogen-bond acceptors (Lipinski definition) is 0. The van der Waals surface area contributed by atoms with E-state index in [0.29, 0.717) is 0 Å². The van der Waals surface area contributed by atoms with E-state index in [4.69, 9.17) is 0 Å². The van der Waals surface area contributed by atoms with Crippen LogP contribution in [0.2, 0.25) is 0 Å². The Morgan fingerprint density at radius 1 is 0.170 bits per heavy atom. The van der Waals surface area contributed by atoms with Crippen molar-refractivity contribution in [2.45, 2.75) is 223 Å². The summed E-state index contributed by atoms with van der Waals surface area (Å²) in [5, 5.41) is 2.65. The standard InChI is InChI=1S/C104H110I2/c1-59-27-31-61(32-28-59)83-84(62-33-29-60(2)30-34-62)86(64-37-41-78(106)42-38-64)94-80-44-46-82-92-81(45-43-79(91(80)92)93(94)85(83)63-35-39-77(105)40-36-63)95-89(67-51-73(101(15,16)17)57-74(52-67)102(18,19)20)87(65-47-69(97(3,4)5)55-70(48-65)98(6,7)8)88(66-49-71(99(9,10)11)56-72(50-66)100(12,13)14)90(96(82)95)68-53-75(103(21,22)23)58-76(54-68)104(24,25)26/h27-58H,1-26H3. The molecular formula is C104H110I2. The number of hydrogen-bond donors (Lipinski definition) is 0. The second-order valence-corrected chi connectivity index (χ2v) is 42.0. The maximum absolute atomic E-state index is 2.62. The highest BCUT2D eigenvalue weighted by Crippen LogP contribution is 2.68. The molecule has 0 bridgehead atoms. The van der Waals surface area contributed by atoms with Crippen LogP contribution in [-0.4, -0.2) is 0 Å². The van der Waals surface area contributed by atoms with E-state index >= 15 is 0 Å². The largest absolute Gasteiger partial charge is 0.0587 e. The van der Waals surface area contributed by atoms with Crippen LogP contribution >= 0.6 is 45.2 Å². The van der Waals surface area contributed by atoms with Crippen LogP contribution in [0.4, 0.5) is 0 Å². The summed E-state index contributed by atoms with van der Waals surface area (Å²) in [4.78, 5) is 0. The Bertz CT molecular complexity index is 5080. The van der Waals surface area contributed by atoms with Gasteiger partial charge in [-0.2, -0.15) is 0 Å². The zero-order chi connectivity index (χ0) is 76.6. The number of benzene rings is 12. The molecule has 0 unspecified atom stereocenters. The van der Waals surface area contributed by atoms with Crippen molar-refractivity contribution in [1.29, 1.82) is 0 Å². The van der Waals surface area contributed by atoms with E-state index in [9.17, 15) is 0 Å². The summed E-state index contributed by atoms with van der Waals surface area (Å²) < 4.78 is 2.42. The molecule has 0 aliphatic heterocycles. The minimum atomic E-state index is -0.179. The second kappa shape index (κ2) is 26.0. The summed E-state index contributed by atoms with van der Waals surface area (Å²) in [6.45, 7) is 62.4. The highest BCUT2D eigenvalue weighted by molar-refractivity contribution is 14.1. The third-order valence-corrected chi connectivity index (χ3v) is 24.4. The lowest BCUT2D eigenvalue weighted by molar-refractivity contribution is 0.568. The van der Waals surface area contributed by atoms with Crippen molar-refractivity contribution in [3.8, 4) is 134 Å². The maximum atomic E-state index is 2.62. The normalized spacial score (nSPS) is 13.3. The van der Waals surface area contributed by atoms with Crippen LogP contribution in [0.3, 0.4) is 0 Å². The SMILES string of the molecule is Cc1ccc(-c2c(-c3ccc(C)cc3)c(-c3ccc(I)cc3)c3c(c2-c2ccc(I)cc2)-c2ccc4c5c(ccc-3c25)-c2c(-c3cc(C(C)(C)C)cc(C(C)(C)C)c3)c(-c3cc(C(C)(C)C)cc(C(C)(C)C)c3)c(-c3cc(C(C)(C)C)cc(C(C)(C)C)c3)c(-c3cc(C(C)(C)C)cc(C(C)(C)C)c3)c2-4)cc1. The average molecular weight is 1610 g/mol. The maximum Gasteiger partial charge on any atom is 0.0130 e. The van der Waals surface area contributed by atoms with Gasteiger partial charge in [0, 0.05) is 7.14 Å². The van der Waals surface area contributed by atoms with Crippen LogP contribution in [0.25, 0.3) is 144 Å². The van der Waals surface area contributed by atoms with Crippen molar-refractivity contribution in [2.75, 3.05) is 0 Å². The zero-order valence-electron chi connectivity index (χ0n) is 68.2. The van der Waals surface area contributed by atoms with Gasteiger partial charge in [0.15, 0.2) is 0 Å². The van der Waals surface area contributed by atoms with Gasteiger partial charge in [-0.25, -0.2) is 0 Å². The van der Waals surface area contributed by atoms with Gasteiger partial charge in [0.05, 0.1) is 0 Å². The van der Waals surface area contributed by atoms with Gasteiger partial charge in [0.1, 0.15) is 0 Å². The van der Waals surface area contributed by atoms with Crippen molar-refractivity contribution in [1.82, 2.24) is 0 Å². The van der Waals surface area contributed by atoms with Crippen molar-refractivity contribution >= 4 is 56.0 Å². The van der Waals surface area contributed by atoms with Gasteiger partial charge < -0.3 is 0 Å². The first-order valence-corrected chi connectivity index (χ1v) is 40.8. The van der Waals surface area contributed by atoms with Gasteiger partial charge in [0.2, 0.25) is 0 Å². The summed E-state index contributed by atoms with van der Waals surface area (Å²) in [5.41, 5.74) is 42.1. The molecule has 2 aliphatic carbocycles. The molecule has 0 saturated heterocycles. The zero-order valence-corrected chi connectivity index (χ0v) is 72.5. The highest BCUT2D eigenvalue weighted by Gasteiger charge is 2.42. The Balaban J connectivity index is 1.31. The molecule has 0 N–H and O–H groups in total. The molecule has 12 aromatic carbocycles. The van der Waals surface area contributed by atoms with Crippen LogP contribution < -0.4 is 0 Å². The quantitative estimate of drug-likeness (QED) is 0.133. The molecule has 14 rings (SSSR count). The van der Waals surface area contributed by atoms with E-state index in [0.717, 1.165) is 0 Å². The van der Waals surface area contributed by atoms with Gasteiger partial charge in [-0.1, -0.05) is 347 Å². The smallest absolute Gasteiger partial charge is 0.0130 e. The molecule has 0 fully saturated rings. The summed E-state index contributed by atoms with van der Waals surface area (Å²) in [6, 6.07) is 79.0. The molecule has 0 spiro atoms. The van der Waals surface area contributed by atoms with Gasteiger partial charge in [-0.15, -0.1) is 0 Å². The minimum Gasteiger partial charge on any atom is -0.0587 e. The summed E-state index contributed by atoms with van der Waals surface area (Å²) >= 11 is 4.99. The van der Waals surface area contributed by atoms with E-state index in [1.54, 1.807) is 0 Å². The predicted octanol–water partition coefficient (Wildman–Crippen LogP) is 31.7. The number of rotatable bonds is 8. The van der Waals surface area contributed by atoms with E-state index < -0.39 is 0 Å². The fourth-order valence-electron chi connectivity index (χ4n) is 16.4. The van der Waals surface area contributed by atoms with Crippen LogP contribution in [0.1, 0.15) is 222 Å². The summed E-state index contributed by atoms with van der Waals surface area (Å²) in [6.07, 6.45) is 0. The molecule has 0 saturated carbocycles. The number of aryl methyl sites for hydroxylation is 2. The molecule has 0 nitrogen and oxygen atoms in total. The Labute approximate surface area is 664 Å². The second-order valence-electron chi connectivity index (χ2n) is 39.5. The molecule has 0 atom stereocenters. The molecule has 540 valence electrons. The van der Waals surface area contributed by atoms with E-state index in [1.807, 2.05) is 0 Å². The molecule has 12 aromatic rings. The molecule has 0 radical (unpaired) electrons. The molecule has 106 heavy (non-hydrogen) atoms. The lowest BCUT2D eigenvalue weighted by atomic mass is 9.71. The molecule has 0 heterocycles. The van der Waals surface area contributed by atoms with Crippen LogP contribution in [0, 0.1) is 21.0 Å². The lowest BCUT2D eigenvalue weighted by Crippen LogP contribution is -2.18. The third kappa shape index (κ3) is 13.5. The van der Waals surface area contributed by atoms with Crippen molar-refractivity contribution in [3.63, 3.8) is 0 Å². The third-order valence-electron chi connectivity index (χ3n) is 23.0. The fourth-order valence-corrected chi connectivity index (χ4v) is 17.2. The van der Waals surface area contributed by atoms with Gasteiger partial charge in [-0.05, 0) is 315 Å². The Hall–Kier alpha value is -7.64. The van der Waals surface area contributed by atoms with E-state index in [2.05, 4.69) is 419 Å². The van der Waals surface area contributed by atoms with E-state index in [-0.39, 0.29) is 43.3 Å². The molecule has 2 heteroatoms. The number of fused-ring (bicyclic) bond motifs is 6. The lowest BCUT2D eigenvalue weighted by Gasteiger charge is -2.33. The van der Waals surface area contributed by atoms with Crippen molar-refractivity contribution in [2.24, 2.45) is 0 Å². The Morgan fingerprint density at radius 3 is 0.500 bits per heavy atom. The average Bonchev–Trinajstić information content (AvgIpc) is 1.50. The van der Waals surface area contributed by atoms with Crippen LogP contribution in [0.5, 0.6) is 0 Å². The van der Waals surface area contributed by atoms with Gasteiger partial charge >= 0.3 is 0 Å². The molecule has 2 aliphatic rings. The molecular weight excluding hydrogens is 1500 g/mol. The number of halogens is 2. The Morgan fingerprint density at radius 2 is 0.321 bits per heavy atom. The van der Waals surface area contributed by atoms with Crippen molar-refractivity contribution in [3.05, 3.63) is 257 Å². The Kier molecular flexibility index (Phi) is 18.5. The topological polar surface area (TPSA) is 0 Å². The monoisotopic (exact) mass is 1610 g/mol.